The Hall–Kier alpha value is -2.59. The van der Waals surface area contributed by atoms with E-state index in [0.717, 1.165) is 56.1 Å². The van der Waals surface area contributed by atoms with E-state index in [-0.39, 0.29) is 0 Å². The molecule has 1 aliphatic rings. The standard InChI is InChI=1S/C22H25N3O/c1-26-22-10-5-4-9-21(22)25-14-6-13-24(15-16-25)17-19-12-11-18-7-2-3-8-20(18)23-19/h2-5,7-12H,6,13-17H2,1H3. The zero-order chi connectivity index (χ0) is 17.8. The van der Waals surface area contributed by atoms with E-state index < -0.39 is 0 Å². The molecule has 26 heavy (non-hydrogen) atoms. The third kappa shape index (κ3) is 3.65. The monoisotopic (exact) mass is 347 g/mol. The van der Waals surface area contributed by atoms with Crippen LogP contribution in [0.2, 0.25) is 0 Å². The summed E-state index contributed by atoms with van der Waals surface area (Å²) in [4.78, 5) is 9.77. The van der Waals surface area contributed by atoms with Crippen LogP contribution in [0.3, 0.4) is 0 Å². The first-order chi connectivity index (χ1) is 12.8. The van der Waals surface area contributed by atoms with Gasteiger partial charge in [0.25, 0.3) is 0 Å². The van der Waals surface area contributed by atoms with Crippen LogP contribution >= 0.6 is 0 Å². The van der Waals surface area contributed by atoms with Crippen LogP contribution in [0.5, 0.6) is 5.75 Å². The number of nitrogens with zero attached hydrogens (tertiary/aromatic N) is 3. The lowest BCUT2D eigenvalue weighted by molar-refractivity contribution is 0.282. The van der Waals surface area contributed by atoms with Crippen molar-refractivity contribution in [1.29, 1.82) is 0 Å². The van der Waals surface area contributed by atoms with Crippen molar-refractivity contribution < 1.29 is 4.74 Å². The molecule has 4 heteroatoms. The van der Waals surface area contributed by atoms with Crippen LogP contribution in [-0.2, 0) is 6.54 Å². The van der Waals surface area contributed by atoms with Crippen molar-refractivity contribution in [2.75, 3.05) is 38.2 Å². The predicted molar refractivity (Wildman–Crippen MR) is 107 cm³/mol. The van der Waals surface area contributed by atoms with Gasteiger partial charge >= 0.3 is 0 Å². The van der Waals surface area contributed by atoms with Gasteiger partial charge in [-0.05, 0) is 30.7 Å². The Kier molecular flexibility index (Phi) is 5.02. The Balaban J connectivity index is 1.44. The summed E-state index contributed by atoms with van der Waals surface area (Å²) in [5.74, 6) is 0.956. The number of para-hydroxylation sites is 3. The lowest BCUT2D eigenvalue weighted by Crippen LogP contribution is -2.30. The minimum absolute atomic E-state index is 0.907. The van der Waals surface area contributed by atoms with Gasteiger partial charge in [0.15, 0.2) is 0 Å². The Morgan fingerprint density at radius 1 is 0.885 bits per heavy atom. The average Bonchev–Trinajstić information content (AvgIpc) is 2.93. The number of fused-ring (bicyclic) bond motifs is 1. The quantitative estimate of drug-likeness (QED) is 0.714. The van der Waals surface area contributed by atoms with Crippen molar-refractivity contribution >= 4 is 16.6 Å². The molecule has 1 aliphatic heterocycles. The zero-order valence-corrected chi connectivity index (χ0v) is 15.3. The maximum absolute atomic E-state index is 5.54. The van der Waals surface area contributed by atoms with E-state index in [2.05, 4.69) is 58.3 Å². The summed E-state index contributed by atoms with van der Waals surface area (Å²) in [7, 11) is 1.74. The van der Waals surface area contributed by atoms with Crippen LogP contribution in [0.1, 0.15) is 12.1 Å². The van der Waals surface area contributed by atoms with Crippen LogP contribution in [-0.4, -0.2) is 43.2 Å². The van der Waals surface area contributed by atoms with E-state index in [1.54, 1.807) is 7.11 Å². The van der Waals surface area contributed by atoms with Crippen molar-refractivity contribution in [3.05, 3.63) is 66.4 Å². The highest BCUT2D eigenvalue weighted by Gasteiger charge is 2.18. The number of benzene rings is 2. The molecule has 0 radical (unpaired) electrons. The van der Waals surface area contributed by atoms with E-state index in [0.29, 0.717) is 0 Å². The number of pyridine rings is 1. The fraction of sp³-hybridized carbons (Fsp3) is 0.318. The SMILES string of the molecule is COc1ccccc1N1CCCN(Cc2ccc3ccccc3n2)CC1. The first-order valence-electron chi connectivity index (χ1n) is 9.28. The van der Waals surface area contributed by atoms with Crippen LogP contribution in [0.4, 0.5) is 5.69 Å². The number of methoxy groups -OCH3 is 1. The van der Waals surface area contributed by atoms with E-state index in [1.807, 2.05) is 12.1 Å². The van der Waals surface area contributed by atoms with E-state index in [1.165, 1.54) is 11.1 Å². The molecular weight excluding hydrogens is 322 g/mol. The molecule has 1 fully saturated rings. The van der Waals surface area contributed by atoms with Gasteiger partial charge in [-0.15, -0.1) is 0 Å². The molecule has 0 aliphatic carbocycles. The van der Waals surface area contributed by atoms with Gasteiger partial charge in [-0.3, -0.25) is 9.88 Å². The van der Waals surface area contributed by atoms with Gasteiger partial charge in [0.2, 0.25) is 0 Å². The zero-order valence-electron chi connectivity index (χ0n) is 15.3. The normalized spacial score (nSPS) is 15.8. The van der Waals surface area contributed by atoms with Gasteiger partial charge in [0.05, 0.1) is 24.0 Å². The molecular formula is C22H25N3O. The molecule has 4 rings (SSSR count). The van der Waals surface area contributed by atoms with Gasteiger partial charge in [0, 0.05) is 38.1 Å². The van der Waals surface area contributed by atoms with Gasteiger partial charge in [0.1, 0.15) is 5.75 Å². The number of ether oxygens (including phenoxy) is 1. The number of hydrogen-bond acceptors (Lipinski definition) is 4. The lowest BCUT2D eigenvalue weighted by atomic mass is 10.2. The van der Waals surface area contributed by atoms with Crippen molar-refractivity contribution in [3.63, 3.8) is 0 Å². The Morgan fingerprint density at radius 2 is 1.73 bits per heavy atom. The molecule has 0 saturated carbocycles. The average molecular weight is 347 g/mol. The molecule has 0 unspecified atom stereocenters. The van der Waals surface area contributed by atoms with Crippen molar-refractivity contribution in [3.8, 4) is 5.75 Å². The van der Waals surface area contributed by atoms with Crippen LogP contribution in [0, 0.1) is 0 Å². The molecule has 1 aromatic heterocycles. The van der Waals surface area contributed by atoms with Gasteiger partial charge in [-0.25, -0.2) is 0 Å². The molecule has 3 aromatic rings. The number of rotatable bonds is 4. The number of hydrogen-bond donors (Lipinski definition) is 0. The molecule has 0 spiro atoms. The summed E-state index contributed by atoms with van der Waals surface area (Å²) >= 11 is 0. The first kappa shape index (κ1) is 16.9. The maximum Gasteiger partial charge on any atom is 0.142 e. The lowest BCUT2D eigenvalue weighted by Gasteiger charge is -2.25. The van der Waals surface area contributed by atoms with Crippen LogP contribution < -0.4 is 9.64 Å². The second-order valence-corrected chi connectivity index (χ2v) is 6.78. The third-order valence-electron chi connectivity index (χ3n) is 5.06. The predicted octanol–water partition coefficient (Wildman–Crippen LogP) is 3.96. The summed E-state index contributed by atoms with van der Waals surface area (Å²) < 4.78 is 5.54. The molecule has 0 N–H and O–H groups in total. The van der Waals surface area contributed by atoms with E-state index >= 15 is 0 Å². The molecule has 4 nitrogen and oxygen atoms in total. The second-order valence-electron chi connectivity index (χ2n) is 6.78. The molecule has 1 saturated heterocycles. The molecule has 134 valence electrons. The van der Waals surface area contributed by atoms with Gasteiger partial charge in [-0.2, -0.15) is 0 Å². The van der Waals surface area contributed by atoms with E-state index in [9.17, 15) is 0 Å². The second kappa shape index (κ2) is 7.75. The molecule has 0 amide bonds. The summed E-state index contributed by atoms with van der Waals surface area (Å²) in [6.07, 6.45) is 1.14. The minimum atomic E-state index is 0.907. The summed E-state index contributed by atoms with van der Waals surface area (Å²) in [6.45, 7) is 5.10. The summed E-state index contributed by atoms with van der Waals surface area (Å²) in [5.41, 5.74) is 3.42. The van der Waals surface area contributed by atoms with Gasteiger partial charge < -0.3 is 9.64 Å². The highest BCUT2D eigenvalue weighted by atomic mass is 16.5. The topological polar surface area (TPSA) is 28.6 Å². The fourth-order valence-electron chi connectivity index (χ4n) is 3.69. The Bertz CT molecular complexity index is 880. The van der Waals surface area contributed by atoms with Crippen LogP contribution in [0.25, 0.3) is 10.9 Å². The molecule has 2 heterocycles. The number of anilines is 1. The molecule has 2 aromatic carbocycles. The highest BCUT2D eigenvalue weighted by Crippen LogP contribution is 2.28. The third-order valence-corrected chi connectivity index (χ3v) is 5.06. The largest absolute Gasteiger partial charge is 0.495 e. The Morgan fingerprint density at radius 3 is 2.65 bits per heavy atom. The van der Waals surface area contributed by atoms with Crippen molar-refractivity contribution in [1.82, 2.24) is 9.88 Å². The van der Waals surface area contributed by atoms with Crippen molar-refractivity contribution in [2.24, 2.45) is 0 Å². The summed E-state index contributed by atoms with van der Waals surface area (Å²) in [6, 6.07) is 20.9. The first-order valence-corrected chi connectivity index (χ1v) is 9.28. The molecule has 0 atom stereocenters. The Labute approximate surface area is 155 Å². The maximum atomic E-state index is 5.54. The minimum Gasteiger partial charge on any atom is -0.495 e. The van der Waals surface area contributed by atoms with Crippen molar-refractivity contribution in [2.45, 2.75) is 13.0 Å². The summed E-state index contributed by atoms with van der Waals surface area (Å²) in [5, 5.41) is 1.20. The molecule has 0 bridgehead atoms. The van der Waals surface area contributed by atoms with Crippen LogP contribution in [0.15, 0.2) is 60.7 Å². The van der Waals surface area contributed by atoms with E-state index in [4.69, 9.17) is 9.72 Å². The van der Waals surface area contributed by atoms with Gasteiger partial charge in [-0.1, -0.05) is 36.4 Å². The smallest absolute Gasteiger partial charge is 0.142 e. The fourth-order valence-corrected chi connectivity index (χ4v) is 3.69. The number of aromatic nitrogens is 1. The highest BCUT2D eigenvalue weighted by molar-refractivity contribution is 5.78.